The maximum Gasteiger partial charge on any atom is 0.306 e. The van der Waals surface area contributed by atoms with Crippen molar-refractivity contribution in [1.82, 2.24) is 4.90 Å². The van der Waals surface area contributed by atoms with Crippen molar-refractivity contribution in [2.75, 3.05) is 7.05 Å². The molecule has 0 spiro atoms. The number of nitrogens with two attached hydrogens (primary N) is 1. The van der Waals surface area contributed by atoms with E-state index in [0.717, 1.165) is 0 Å². The fraction of sp³-hybridized carbons (Fsp3) is 0.833. The van der Waals surface area contributed by atoms with Crippen molar-refractivity contribution < 1.29 is 9.94 Å². The first-order chi connectivity index (χ1) is 4.93. The highest BCUT2D eigenvalue weighted by atomic mass is 16.7. The molecular formula is C6H13N3O2. The van der Waals surface area contributed by atoms with Crippen molar-refractivity contribution in [3.05, 3.63) is 0 Å². The largest absolute Gasteiger partial charge is 0.340 e. The summed E-state index contributed by atoms with van der Waals surface area (Å²) in [5.41, 5.74) is 5.15. The molecule has 1 aliphatic heterocycles. The standard InChI is InChI=1S/C6H13N3O2/c1-6(2,7)4-8-11-5(10)9(4)3/h5,10H,7H2,1-3H3. The first-order valence-corrected chi connectivity index (χ1v) is 3.37. The van der Waals surface area contributed by atoms with Crippen LogP contribution >= 0.6 is 0 Å². The zero-order valence-electron chi connectivity index (χ0n) is 6.90. The second kappa shape index (κ2) is 2.35. The number of nitrogens with zero attached hydrogens (tertiary/aromatic N) is 2. The topological polar surface area (TPSA) is 71.1 Å². The molecule has 0 aliphatic carbocycles. The van der Waals surface area contributed by atoms with E-state index >= 15 is 0 Å². The van der Waals surface area contributed by atoms with Gasteiger partial charge in [-0.05, 0) is 13.8 Å². The van der Waals surface area contributed by atoms with E-state index in [2.05, 4.69) is 9.99 Å². The summed E-state index contributed by atoms with van der Waals surface area (Å²) in [5.74, 6) is 0.546. The van der Waals surface area contributed by atoms with Crippen molar-refractivity contribution in [2.24, 2.45) is 10.9 Å². The SMILES string of the molecule is CN1C(C(C)(C)N)=NOC1O. The zero-order valence-corrected chi connectivity index (χ0v) is 6.90. The molecule has 0 saturated heterocycles. The lowest BCUT2D eigenvalue weighted by Gasteiger charge is -2.24. The van der Waals surface area contributed by atoms with Crippen LogP contribution in [0.5, 0.6) is 0 Å². The molecule has 1 heterocycles. The van der Waals surface area contributed by atoms with Crippen LogP contribution in [0.25, 0.3) is 0 Å². The maximum absolute atomic E-state index is 9.07. The molecule has 0 radical (unpaired) electrons. The molecule has 1 atom stereocenters. The Morgan fingerprint density at radius 2 is 2.27 bits per heavy atom. The van der Waals surface area contributed by atoms with E-state index in [9.17, 15) is 0 Å². The normalized spacial score (nSPS) is 25.0. The van der Waals surface area contributed by atoms with Crippen LogP contribution in [0, 0.1) is 0 Å². The lowest BCUT2D eigenvalue weighted by molar-refractivity contribution is -0.138. The second-order valence-electron chi connectivity index (χ2n) is 3.18. The van der Waals surface area contributed by atoms with Gasteiger partial charge in [0, 0.05) is 7.05 Å². The lowest BCUT2D eigenvalue weighted by atomic mass is 10.1. The fourth-order valence-electron chi connectivity index (χ4n) is 0.909. The highest BCUT2D eigenvalue weighted by Crippen LogP contribution is 2.14. The predicted octanol–water partition coefficient (Wildman–Crippen LogP) is -0.725. The molecule has 0 aromatic carbocycles. The van der Waals surface area contributed by atoms with Gasteiger partial charge in [-0.2, -0.15) is 0 Å². The van der Waals surface area contributed by atoms with Crippen molar-refractivity contribution in [2.45, 2.75) is 25.8 Å². The summed E-state index contributed by atoms with van der Waals surface area (Å²) < 4.78 is 0. The molecule has 0 aromatic rings. The number of aliphatic hydroxyl groups is 1. The van der Waals surface area contributed by atoms with Gasteiger partial charge in [-0.25, -0.2) is 0 Å². The molecule has 1 aliphatic rings. The van der Waals surface area contributed by atoms with Crippen molar-refractivity contribution in [3.8, 4) is 0 Å². The predicted molar refractivity (Wildman–Crippen MR) is 40.6 cm³/mol. The average molecular weight is 159 g/mol. The Balaban J connectivity index is 2.76. The maximum atomic E-state index is 9.07. The molecule has 1 rings (SSSR count). The van der Waals surface area contributed by atoms with E-state index in [1.165, 1.54) is 4.90 Å². The molecule has 64 valence electrons. The van der Waals surface area contributed by atoms with E-state index in [1.54, 1.807) is 20.9 Å². The molecule has 0 fully saturated rings. The monoisotopic (exact) mass is 159 g/mol. The number of hydrogen-bond donors (Lipinski definition) is 2. The summed E-state index contributed by atoms with van der Waals surface area (Å²) >= 11 is 0. The molecule has 3 N–H and O–H groups in total. The van der Waals surface area contributed by atoms with Crippen LogP contribution in [-0.4, -0.2) is 34.8 Å². The Kier molecular flexibility index (Phi) is 1.77. The molecule has 0 saturated carbocycles. The smallest absolute Gasteiger partial charge is 0.306 e. The highest BCUT2D eigenvalue weighted by molar-refractivity contribution is 5.90. The van der Waals surface area contributed by atoms with Crippen LogP contribution in [0.1, 0.15) is 13.8 Å². The third-order valence-electron chi connectivity index (χ3n) is 1.48. The number of hydrogen-bond acceptors (Lipinski definition) is 5. The first kappa shape index (κ1) is 8.29. The summed E-state index contributed by atoms with van der Waals surface area (Å²) in [5, 5.41) is 12.7. The molecule has 0 amide bonds. The summed E-state index contributed by atoms with van der Waals surface area (Å²) in [6, 6.07) is 0. The molecule has 0 aromatic heterocycles. The first-order valence-electron chi connectivity index (χ1n) is 3.37. The summed E-state index contributed by atoms with van der Waals surface area (Å²) in [7, 11) is 1.67. The molecule has 11 heavy (non-hydrogen) atoms. The Bertz CT molecular complexity index is 185. The average Bonchev–Trinajstić information content (AvgIpc) is 2.11. The molecular weight excluding hydrogens is 146 g/mol. The van der Waals surface area contributed by atoms with E-state index in [-0.39, 0.29) is 0 Å². The Morgan fingerprint density at radius 3 is 2.45 bits per heavy atom. The molecule has 5 heteroatoms. The van der Waals surface area contributed by atoms with Gasteiger partial charge in [0.25, 0.3) is 0 Å². The van der Waals surface area contributed by atoms with Gasteiger partial charge in [0.2, 0.25) is 0 Å². The lowest BCUT2D eigenvalue weighted by Crippen LogP contribution is -2.49. The number of rotatable bonds is 1. The second-order valence-corrected chi connectivity index (χ2v) is 3.18. The molecule has 1 unspecified atom stereocenters. The van der Waals surface area contributed by atoms with Gasteiger partial charge < -0.3 is 15.7 Å². The van der Waals surface area contributed by atoms with Gasteiger partial charge in [-0.3, -0.25) is 4.90 Å². The van der Waals surface area contributed by atoms with Gasteiger partial charge in [0.1, 0.15) is 0 Å². The van der Waals surface area contributed by atoms with E-state index < -0.39 is 12.0 Å². The number of aliphatic hydroxyl groups excluding tert-OH is 1. The van der Waals surface area contributed by atoms with Crippen molar-refractivity contribution >= 4 is 5.84 Å². The van der Waals surface area contributed by atoms with Gasteiger partial charge in [0.05, 0.1) is 5.54 Å². The van der Waals surface area contributed by atoms with Crippen molar-refractivity contribution in [3.63, 3.8) is 0 Å². The Labute approximate surface area is 65.4 Å². The van der Waals surface area contributed by atoms with E-state index in [1.807, 2.05) is 0 Å². The van der Waals surface area contributed by atoms with Gasteiger partial charge >= 0.3 is 6.41 Å². The third kappa shape index (κ3) is 1.44. The van der Waals surface area contributed by atoms with E-state index in [0.29, 0.717) is 5.84 Å². The van der Waals surface area contributed by atoms with Crippen LogP contribution in [0.3, 0.4) is 0 Å². The van der Waals surface area contributed by atoms with Crippen LogP contribution in [0.15, 0.2) is 5.16 Å². The number of amidine groups is 1. The quantitative estimate of drug-likeness (QED) is 0.529. The van der Waals surface area contributed by atoms with Gasteiger partial charge in [-0.1, -0.05) is 5.16 Å². The summed E-state index contributed by atoms with van der Waals surface area (Å²) in [6.07, 6.45) is -0.993. The minimum Gasteiger partial charge on any atom is -0.340 e. The number of oxime groups is 1. The minimum absolute atomic E-state index is 0.546. The van der Waals surface area contributed by atoms with Crippen LogP contribution in [0.2, 0.25) is 0 Å². The van der Waals surface area contributed by atoms with Gasteiger partial charge in [0.15, 0.2) is 5.84 Å². The summed E-state index contributed by atoms with van der Waals surface area (Å²) in [4.78, 5) is 6.08. The Morgan fingerprint density at radius 1 is 1.73 bits per heavy atom. The van der Waals surface area contributed by atoms with Crippen molar-refractivity contribution in [1.29, 1.82) is 0 Å². The third-order valence-corrected chi connectivity index (χ3v) is 1.48. The summed E-state index contributed by atoms with van der Waals surface area (Å²) in [6.45, 7) is 3.59. The molecule has 0 bridgehead atoms. The number of likely N-dealkylation sites (N-methyl/N-ethyl adjacent to an activating group) is 1. The highest BCUT2D eigenvalue weighted by Gasteiger charge is 2.33. The fourth-order valence-corrected chi connectivity index (χ4v) is 0.909. The van der Waals surface area contributed by atoms with E-state index in [4.69, 9.17) is 10.8 Å². The minimum atomic E-state index is -0.993. The van der Waals surface area contributed by atoms with Gasteiger partial charge in [-0.15, -0.1) is 0 Å². The van der Waals surface area contributed by atoms with Crippen LogP contribution < -0.4 is 5.73 Å². The van der Waals surface area contributed by atoms with Crippen LogP contribution in [-0.2, 0) is 4.84 Å². The Hall–Kier alpha value is -0.810. The zero-order chi connectivity index (χ0) is 8.65. The van der Waals surface area contributed by atoms with Crippen LogP contribution in [0.4, 0.5) is 0 Å². The molecule has 5 nitrogen and oxygen atoms in total.